The average Bonchev–Trinajstić information content (AvgIpc) is 3.14. The molecule has 1 aromatic heterocycles. The van der Waals surface area contributed by atoms with E-state index in [0.717, 1.165) is 37.1 Å². The Bertz CT molecular complexity index is 897. The van der Waals surface area contributed by atoms with E-state index in [-0.39, 0.29) is 29.8 Å². The van der Waals surface area contributed by atoms with Crippen molar-refractivity contribution in [2.45, 2.75) is 52.1 Å². The van der Waals surface area contributed by atoms with E-state index in [9.17, 15) is 9.59 Å². The van der Waals surface area contributed by atoms with Crippen molar-refractivity contribution < 1.29 is 9.59 Å². The van der Waals surface area contributed by atoms with Gasteiger partial charge in [-0.3, -0.25) is 14.3 Å². The molecule has 1 aromatic carbocycles. The first kappa shape index (κ1) is 19.7. The fourth-order valence-corrected chi connectivity index (χ4v) is 4.98. The number of likely N-dealkylation sites (N-methyl/N-ethyl adjacent to an activating group) is 1. The molecular weight excluding hydrogens is 364 g/mol. The smallest absolute Gasteiger partial charge is 0.244 e. The van der Waals surface area contributed by atoms with E-state index in [1.165, 1.54) is 5.56 Å². The molecule has 6 nitrogen and oxygen atoms in total. The summed E-state index contributed by atoms with van der Waals surface area (Å²) in [4.78, 5) is 29.7. The second-order valence-corrected chi connectivity index (χ2v) is 8.71. The van der Waals surface area contributed by atoms with Gasteiger partial charge in [-0.15, -0.1) is 0 Å². The quantitative estimate of drug-likeness (QED) is 0.801. The standard InChI is InChI=1S/C23H30N4O2/c1-17-13-18(2)27(24-17)16-21(28)26-11-9-23(10-12-26)15-20(25(3)22(23)29)14-19-7-5-4-6-8-19/h4-8,13,20H,9-12,14-16H2,1-3H3/t20-/m0/s1. The Balaban J connectivity index is 1.38. The van der Waals surface area contributed by atoms with Crippen LogP contribution in [0.1, 0.15) is 36.2 Å². The SMILES string of the molecule is Cc1cc(C)n(CC(=O)N2CCC3(CC2)C[C@H](Cc2ccccc2)N(C)C3=O)n1. The highest BCUT2D eigenvalue weighted by molar-refractivity contribution is 5.86. The topological polar surface area (TPSA) is 58.4 Å². The number of likely N-dealkylation sites (tertiary alicyclic amines) is 2. The molecule has 2 fully saturated rings. The zero-order valence-corrected chi connectivity index (χ0v) is 17.6. The molecule has 2 saturated heterocycles. The van der Waals surface area contributed by atoms with Crippen molar-refractivity contribution in [3.63, 3.8) is 0 Å². The second kappa shape index (κ2) is 7.65. The molecule has 0 saturated carbocycles. The Morgan fingerprint density at radius 2 is 1.86 bits per heavy atom. The summed E-state index contributed by atoms with van der Waals surface area (Å²) >= 11 is 0. The molecule has 2 aliphatic heterocycles. The molecule has 154 valence electrons. The van der Waals surface area contributed by atoms with E-state index in [0.29, 0.717) is 13.1 Å². The summed E-state index contributed by atoms with van der Waals surface area (Å²) in [5.41, 5.74) is 2.90. The number of carbonyl (C=O) groups excluding carboxylic acids is 2. The normalized spacial score (nSPS) is 21.2. The van der Waals surface area contributed by atoms with Gasteiger partial charge in [0.15, 0.2) is 0 Å². The summed E-state index contributed by atoms with van der Waals surface area (Å²) in [7, 11) is 1.94. The molecule has 0 radical (unpaired) electrons. The third-order valence-corrected chi connectivity index (χ3v) is 6.72. The van der Waals surface area contributed by atoms with Crippen LogP contribution < -0.4 is 0 Å². The zero-order chi connectivity index (χ0) is 20.6. The van der Waals surface area contributed by atoms with Crippen molar-refractivity contribution >= 4 is 11.8 Å². The highest BCUT2D eigenvalue weighted by Gasteiger charge is 2.51. The van der Waals surface area contributed by atoms with Gasteiger partial charge in [0, 0.05) is 31.9 Å². The van der Waals surface area contributed by atoms with Gasteiger partial charge in [-0.25, -0.2) is 0 Å². The van der Waals surface area contributed by atoms with Crippen molar-refractivity contribution in [2.75, 3.05) is 20.1 Å². The van der Waals surface area contributed by atoms with Crippen molar-refractivity contribution in [3.05, 3.63) is 53.3 Å². The number of amides is 2. The number of hydrogen-bond acceptors (Lipinski definition) is 3. The van der Waals surface area contributed by atoms with Gasteiger partial charge in [0.25, 0.3) is 0 Å². The molecule has 0 aliphatic carbocycles. The molecule has 2 aromatic rings. The lowest BCUT2D eigenvalue weighted by Crippen LogP contribution is -2.47. The highest BCUT2D eigenvalue weighted by Crippen LogP contribution is 2.44. The van der Waals surface area contributed by atoms with Gasteiger partial charge in [0.1, 0.15) is 6.54 Å². The Morgan fingerprint density at radius 1 is 1.17 bits per heavy atom. The monoisotopic (exact) mass is 394 g/mol. The van der Waals surface area contributed by atoms with E-state index in [1.54, 1.807) is 4.68 Å². The summed E-state index contributed by atoms with van der Waals surface area (Å²) in [6.07, 6.45) is 3.29. The predicted molar refractivity (Wildman–Crippen MR) is 111 cm³/mol. The van der Waals surface area contributed by atoms with E-state index >= 15 is 0 Å². The van der Waals surface area contributed by atoms with Crippen LogP contribution in [0.3, 0.4) is 0 Å². The lowest BCUT2D eigenvalue weighted by molar-refractivity contribution is -0.142. The van der Waals surface area contributed by atoms with Crippen LogP contribution in [0, 0.1) is 19.3 Å². The fraction of sp³-hybridized carbons (Fsp3) is 0.522. The molecule has 1 atom stereocenters. The molecule has 29 heavy (non-hydrogen) atoms. The van der Waals surface area contributed by atoms with Crippen LogP contribution >= 0.6 is 0 Å². The van der Waals surface area contributed by atoms with Crippen LogP contribution in [0.15, 0.2) is 36.4 Å². The fourth-order valence-electron chi connectivity index (χ4n) is 4.98. The van der Waals surface area contributed by atoms with Crippen molar-refractivity contribution in [2.24, 2.45) is 5.41 Å². The third kappa shape index (κ3) is 3.80. The second-order valence-electron chi connectivity index (χ2n) is 8.71. The molecule has 0 unspecified atom stereocenters. The third-order valence-electron chi connectivity index (χ3n) is 6.72. The van der Waals surface area contributed by atoms with E-state index in [4.69, 9.17) is 0 Å². The number of rotatable bonds is 4. The summed E-state index contributed by atoms with van der Waals surface area (Å²) in [6, 6.07) is 12.6. The first-order valence-electron chi connectivity index (χ1n) is 10.5. The van der Waals surface area contributed by atoms with Crippen molar-refractivity contribution in [1.82, 2.24) is 19.6 Å². The largest absolute Gasteiger partial charge is 0.342 e. The minimum Gasteiger partial charge on any atom is -0.342 e. The Hall–Kier alpha value is -2.63. The van der Waals surface area contributed by atoms with Gasteiger partial charge in [-0.1, -0.05) is 30.3 Å². The maximum absolute atomic E-state index is 13.1. The Morgan fingerprint density at radius 3 is 2.48 bits per heavy atom. The number of aryl methyl sites for hydroxylation is 2. The van der Waals surface area contributed by atoms with Crippen LogP contribution in [0.25, 0.3) is 0 Å². The molecule has 2 aliphatic rings. The van der Waals surface area contributed by atoms with Crippen LogP contribution in [0.4, 0.5) is 0 Å². The number of piperidine rings is 1. The van der Waals surface area contributed by atoms with Crippen LogP contribution in [-0.2, 0) is 22.6 Å². The maximum atomic E-state index is 13.1. The molecular formula is C23H30N4O2. The van der Waals surface area contributed by atoms with Gasteiger partial charge in [0.05, 0.1) is 11.1 Å². The molecule has 4 rings (SSSR count). The zero-order valence-electron chi connectivity index (χ0n) is 17.6. The van der Waals surface area contributed by atoms with E-state index in [1.807, 2.05) is 42.8 Å². The van der Waals surface area contributed by atoms with Crippen molar-refractivity contribution in [3.8, 4) is 0 Å². The van der Waals surface area contributed by atoms with Crippen molar-refractivity contribution in [1.29, 1.82) is 0 Å². The summed E-state index contributed by atoms with van der Waals surface area (Å²) in [5, 5.41) is 4.40. The number of benzene rings is 1. The van der Waals surface area contributed by atoms with Crippen LogP contribution in [-0.4, -0.2) is 57.6 Å². The van der Waals surface area contributed by atoms with Gasteiger partial charge in [-0.2, -0.15) is 5.10 Å². The number of carbonyl (C=O) groups is 2. The van der Waals surface area contributed by atoms with E-state index in [2.05, 4.69) is 29.4 Å². The van der Waals surface area contributed by atoms with Gasteiger partial charge in [-0.05, 0) is 51.2 Å². The Kier molecular flexibility index (Phi) is 5.19. The number of aromatic nitrogens is 2. The number of hydrogen-bond donors (Lipinski definition) is 0. The average molecular weight is 395 g/mol. The van der Waals surface area contributed by atoms with Gasteiger partial charge < -0.3 is 9.80 Å². The first-order chi connectivity index (χ1) is 13.9. The Labute approximate surface area is 172 Å². The molecule has 1 spiro atoms. The first-order valence-corrected chi connectivity index (χ1v) is 10.5. The molecule has 0 N–H and O–H groups in total. The summed E-state index contributed by atoms with van der Waals surface area (Å²) in [6.45, 7) is 5.48. The minimum atomic E-state index is -0.302. The molecule has 0 bridgehead atoms. The van der Waals surface area contributed by atoms with Crippen LogP contribution in [0.5, 0.6) is 0 Å². The number of nitrogens with zero attached hydrogens (tertiary/aromatic N) is 4. The molecule has 2 amide bonds. The molecule has 3 heterocycles. The highest BCUT2D eigenvalue weighted by atomic mass is 16.2. The van der Waals surface area contributed by atoms with E-state index < -0.39 is 0 Å². The maximum Gasteiger partial charge on any atom is 0.244 e. The summed E-state index contributed by atoms with van der Waals surface area (Å²) < 4.78 is 1.77. The summed E-state index contributed by atoms with van der Waals surface area (Å²) in [5.74, 6) is 0.342. The predicted octanol–water partition coefficient (Wildman–Crippen LogP) is 2.58. The lowest BCUT2D eigenvalue weighted by Gasteiger charge is -2.37. The minimum absolute atomic E-state index is 0.0886. The van der Waals surface area contributed by atoms with Gasteiger partial charge >= 0.3 is 0 Å². The lowest BCUT2D eigenvalue weighted by atomic mass is 9.75. The molecule has 6 heteroatoms. The van der Waals surface area contributed by atoms with Crippen LogP contribution in [0.2, 0.25) is 0 Å². The van der Waals surface area contributed by atoms with Gasteiger partial charge in [0.2, 0.25) is 11.8 Å².